The van der Waals surface area contributed by atoms with Gasteiger partial charge in [0.15, 0.2) is 9.84 Å². The van der Waals surface area contributed by atoms with Crippen LogP contribution >= 0.6 is 0 Å². The van der Waals surface area contributed by atoms with Crippen molar-refractivity contribution in [2.75, 3.05) is 36.0 Å². The van der Waals surface area contributed by atoms with Crippen LogP contribution in [0.2, 0.25) is 0 Å². The van der Waals surface area contributed by atoms with Gasteiger partial charge in [0.1, 0.15) is 17.3 Å². The molecule has 1 aromatic heterocycles. The maximum atomic E-state index is 13.0. The smallest absolute Gasteiger partial charge is 0.272 e. The second-order valence-electron chi connectivity index (χ2n) is 7.48. The zero-order chi connectivity index (χ0) is 18.9. The summed E-state index contributed by atoms with van der Waals surface area (Å²) in [5.74, 6) is 2.08. The molecule has 26 heavy (non-hydrogen) atoms. The fourth-order valence-electron chi connectivity index (χ4n) is 3.80. The van der Waals surface area contributed by atoms with Crippen molar-refractivity contribution in [3.8, 4) is 0 Å². The van der Waals surface area contributed by atoms with Gasteiger partial charge in [-0.15, -0.1) is 0 Å². The largest absolute Gasteiger partial charge is 0.356 e. The minimum atomic E-state index is -3.04. The molecule has 0 aromatic carbocycles. The van der Waals surface area contributed by atoms with E-state index < -0.39 is 9.84 Å². The normalized spacial score (nSPS) is 23.2. The average Bonchev–Trinajstić information content (AvgIpc) is 2.95. The molecule has 3 heterocycles. The van der Waals surface area contributed by atoms with E-state index in [-0.39, 0.29) is 23.5 Å². The molecule has 0 radical (unpaired) electrons. The van der Waals surface area contributed by atoms with Crippen molar-refractivity contribution in [1.82, 2.24) is 14.9 Å². The van der Waals surface area contributed by atoms with Gasteiger partial charge < -0.3 is 9.80 Å². The first kappa shape index (κ1) is 19.1. The number of rotatable bonds is 4. The summed E-state index contributed by atoms with van der Waals surface area (Å²) < 4.78 is 23.6. The zero-order valence-electron chi connectivity index (χ0n) is 15.8. The van der Waals surface area contributed by atoms with E-state index in [0.29, 0.717) is 24.5 Å². The summed E-state index contributed by atoms with van der Waals surface area (Å²) in [6, 6.07) is 1.50. The predicted molar refractivity (Wildman–Crippen MR) is 101 cm³/mol. The first-order valence-electron chi connectivity index (χ1n) is 9.41. The Morgan fingerprint density at radius 1 is 1.27 bits per heavy atom. The Morgan fingerprint density at radius 3 is 2.54 bits per heavy atom. The van der Waals surface area contributed by atoms with Gasteiger partial charge in [0.05, 0.1) is 11.5 Å². The van der Waals surface area contributed by atoms with Crippen molar-refractivity contribution in [2.24, 2.45) is 5.92 Å². The highest BCUT2D eigenvalue weighted by Gasteiger charge is 2.35. The topological polar surface area (TPSA) is 83.5 Å². The lowest BCUT2D eigenvalue weighted by atomic mass is 9.99. The van der Waals surface area contributed by atoms with Crippen molar-refractivity contribution in [2.45, 2.75) is 46.1 Å². The Hall–Kier alpha value is -1.70. The third kappa shape index (κ3) is 4.16. The minimum absolute atomic E-state index is 0.0491. The van der Waals surface area contributed by atoms with Crippen LogP contribution in [-0.4, -0.2) is 66.4 Å². The molecule has 144 valence electrons. The van der Waals surface area contributed by atoms with E-state index in [9.17, 15) is 13.2 Å². The van der Waals surface area contributed by atoms with Gasteiger partial charge in [-0.05, 0) is 39.0 Å². The fraction of sp³-hybridized carbons (Fsp3) is 0.722. The number of aryl methyl sites for hydroxylation is 1. The second-order valence-corrected chi connectivity index (χ2v) is 9.70. The molecule has 2 aliphatic rings. The number of hydrogen-bond donors (Lipinski definition) is 0. The van der Waals surface area contributed by atoms with E-state index in [0.717, 1.165) is 37.7 Å². The van der Waals surface area contributed by atoms with Crippen LogP contribution in [0.4, 0.5) is 5.82 Å². The summed E-state index contributed by atoms with van der Waals surface area (Å²) >= 11 is 0. The van der Waals surface area contributed by atoms with Gasteiger partial charge in [0, 0.05) is 31.7 Å². The summed E-state index contributed by atoms with van der Waals surface area (Å²) in [6.07, 6.45) is 2.74. The lowest BCUT2D eigenvalue weighted by molar-refractivity contribution is 0.0702. The van der Waals surface area contributed by atoms with Gasteiger partial charge in [-0.25, -0.2) is 18.4 Å². The molecule has 1 unspecified atom stereocenters. The molecule has 0 bridgehead atoms. The molecule has 1 atom stereocenters. The Labute approximate surface area is 155 Å². The molecule has 7 nitrogen and oxygen atoms in total. The molecule has 2 fully saturated rings. The molecule has 2 saturated heterocycles. The number of amides is 1. The van der Waals surface area contributed by atoms with Gasteiger partial charge >= 0.3 is 0 Å². The number of sulfone groups is 1. The Morgan fingerprint density at radius 2 is 1.96 bits per heavy atom. The number of carbonyl (C=O) groups is 1. The molecule has 3 rings (SSSR count). The number of hydrogen-bond acceptors (Lipinski definition) is 6. The standard InChI is InChI=1S/C18H28N4O3S/c1-4-22(15-7-10-26(24,25)12-15)18(23)16-11-17(20-14(3)19-16)21-8-5-13(2)6-9-21/h11,13,15H,4-10,12H2,1-3H3. The third-order valence-electron chi connectivity index (χ3n) is 5.40. The van der Waals surface area contributed by atoms with Crippen LogP contribution in [0, 0.1) is 12.8 Å². The second kappa shape index (κ2) is 7.50. The third-order valence-corrected chi connectivity index (χ3v) is 7.15. The molecule has 1 amide bonds. The number of piperidine rings is 1. The van der Waals surface area contributed by atoms with E-state index in [1.54, 1.807) is 17.9 Å². The van der Waals surface area contributed by atoms with Gasteiger partial charge in [-0.1, -0.05) is 6.92 Å². The Balaban J connectivity index is 1.82. The van der Waals surface area contributed by atoms with Crippen LogP contribution < -0.4 is 4.90 Å². The molecule has 0 spiro atoms. The minimum Gasteiger partial charge on any atom is -0.356 e. The lowest BCUT2D eigenvalue weighted by Gasteiger charge is -2.32. The van der Waals surface area contributed by atoms with Crippen LogP contribution in [0.3, 0.4) is 0 Å². The quantitative estimate of drug-likeness (QED) is 0.790. The number of carbonyl (C=O) groups excluding carboxylic acids is 1. The average molecular weight is 381 g/mol. The summed E-state index contributed by atoms with van der Waals surface area (Å²) in [5.41, 5.74) is 0.359. The first-order chi connectivity index (χ1) is 12.3. The SMILES string of the molecule is CCN(C(=O)c1cc(N2CCC(C)CC2)nc(C)n1)C1CCS(=O)(=O)C1. The highest BCUT2D eigenvalue weighted by molar-refractivity contribution is 7.91. The first-order valence-corrected chi connectivity index (χ1v) is 11.2. The van der Waals surface area contributed by atoms with Crippen molar-refractivity contribution >= 4 is 21.6 Å². The van der Waals surface area contributed by atoms with Crippen LogP contribution in [0.1, 0.15) is 49.4 Å². The van der Waals surface area contributed by atoms with Crippen molar-refractivity contribution in [3.63, 3.8) is 0 Å². The maximum absolute atomic E-state index is 13.0. The number of nitrogens with zero attached hydrogens (tertiary/aromatic N) is 4. The van der Waals surface area contributed by atoms with Gasteiger partial charge in [0.2, 0.25) is 0 Å². The summed E-state index contributed by atoms with van der Waals surface area (Å²) in [5, 5.41) is 0. The Kier molecular flexibility index (Phi) is 5.50. The van der Waals surface area contributed by atoms with Crippen molar-refractivity contribution in [1.29, 1.82) is 0 Å². The van der Waals surface area contributed by atoms with Gasteiger partial charge in [0.25, 0.3) is 5.91 Å². The number of aromatic nitrogens is 2. The number of anilines is 1. The van der Waals surface area contributed by atoms with Crippen LogP contribution in [0.15, 0.2) is 6.07 Å². The van der Waals surface area contributed by atoms with Crippen LogP contribution in [0.5, 0.6) is 0 Å². The highest BCUT2D eigenvalue weighted by atomic mass is 32.2. The zero-order valence-corrected chi connectivity index (χ0v) is 16.6. The van der Waals surface area contributed by atoms with Crippen molar-refractivity contribution < 1.29 is 13.2 Å². The molecular weight excluding hydrogens is 352 g/mol. The van der Waals surface area contributed by atoms with Gasteiger partial charge in [-0.2, -0.15) is 0 Å². The lowest BCUT2D eigenvalue weighted by Crippen LogP contribution is -2.41. The van der Waals surface area contributed by atoms with Crippen LogP contribution in [0.25, 0.3) is 0 Å². The van der Waals surface area contributed by atoms with Gasteiger partial charge in [-0.3, -0.25) is 4.79 Å². The summed E-state index contributed by atoms with van der Waals surface area (Å²) in [7, 11) is -3.04. The van der Waals surface area contributed by atoms with Crippen LogP contribution in [-0.2, 0) is 9.84 Å². The summed E-state index contributed by atoms with van der Waals surface area (Å²) in [4.78, 5) is 25.8. The molecule has 2 aliphatic heterocycles. The molecule has 0 aliphatic carbocycles. The highest BCUT2D eigenvalue weighted by Crippen LogP contribution is 2.24. The molecular formula is C18H28N4O3S. The van der Waals surface area contributed by atoms with Crippen molar-refractivity contribution in [3.05, 3.63) is 17.6 Å². The molecule has 8 heteroatoms. The maximum Gasteiger partial charge on any atom is 0.272 e. The predicted octanol–water partition coefficient (Wildman–Crippen LogP) is 1.67. The Bertz CT molecular complexity index is 773. The fourth-order valence-corrected chi connectivity index (χ4v) is 5.53. The molecule has 1 aromatic rings. The van der Waals surface area contributed by atoms with E-state index in [4.69, 9.17) is 0 Å². The van der Waals surface area contributed by atoms with E-state index in [2.05, 4.69) is 21.8 Å². The van der Waals surface area contributed by atoms with E-state index in [1.807, 2.05) is 6.92 Å². The van der Waals surface area contributed by atoms with E-state index in [1.165, 1.54) is 0 Å². The van der Waals surface area contributed by atoms with E-state index >= 15 is 0 Å². The molecule has 0 N–H and O–H groups in total. The molecule has 0 saturated carbocycles. The monoisotopic (exact) mass is 380 g/mol. The summed E-state index contributed by atoms with van der Waals surface area (Å²) in [6.45, 7) is 8.27.